The average Bonchev–Trinajstić information content (AvgIpc) is 3.69. The van der Waals surface area contributed by atoms with Crippen molar-refractivity contribution in [1.82, 2.24) is 41.8 Å². The van der Waals surface area contributed by atoms with Crippen molar-refractivity contribution in [2.45, 2.75) is 112 Å². The van der Waals surface area contributed by atoms with Gasteiger partial charge in [0.15, 0.2) is 0 Å². The molecular weight excluding hydrogens is 740 g/mol. The third kappa shape index (κ3) is 9.55. The number of para-hydroxylation sites is 1. The molecule has 2 aromatic rings. The van der Waals surface area contributed by atoms with E-state index in [0.29, 0.717) is 21.5 Å². The van der Waals surface area contributed by atoms with Crippen molar-refractivity contribution in [3.05, 3.63) is 29.8 Å². The van der Waals surface area contributed by atoms with Crippen molar-refractivity contribution in [2.75, 3.05) is 18.9 Å². The zero-order chi connectivity index (χ0) is 40.4. The van der Waals surface area contributed by atoms with E-state index in [1.165, 1.54) is 27.7 Å². The summed E-state index contributed by atoms with van der Waals surface area (Å²) in [5.41, 5.74) is -0.741. The lowest BCUT2D eigenvalue weighted by atomic mass is 9.96. The number of aromatic nitrogens is 1. The van der Waals surface area contributed by atoms with Crippen LogP contribution in [0.15, 0.2) is 29.3 Å². The van der Waals surface area contributed by atoms with Crippen molar-refractivity contribution in [3.8, 4) is 0 Å². The van der Waals surface area contributed by atoms with Crippen molar-refractivity contribution >= 4 is 64.0 Å². The number of carbonyl (C=O) groups excluding carboxylic acids is 7. The van der Waals surface area contributed by atoms with E-state index in [2.05, 4.69) is 36.9 Å². The van der Waals surface area contributed by atoms with E-state index in [1.54, 1.807) is 24.3 Å². The lowest BCUT2D eigenvalue weighted by molar-refractivity contribution is -0.142. The highest BCUT2D eigenvalue weighted by molar-refractivity contribution is 7.99. The Kier molecular flexibility index (Phi) is 12.8. The minimum atomic E-state index is -1.90. The van der Waals surface area contributed by atoms with Gasteiger partial charge in [-0.1, -0.05) is 18.2 Å². The summed E-state index contributed by atoms with van der Waals surface area (Å²) in [7, 11) is 0. The monoisotopic (exact) mass is 788 g/mol. The van der Waals surface area contributed by atoms with Gasteiger partial charge in [-0.2, -0.15) is 0 Å². The lowest BCUT2D eigenvalue weighted by Gasteiger charge is -2.31. The predicted molar refractivity (Wildman–Crippen MR) is 196 cm³/mol. The molecule has 0 radical (unpaired) electrons. The Labute approximate surface area is 320 Å². The van der Waals surface area contributed by atoms with Crippen LogP contribution < -0.4 is 31.9 Å². The summed E-state index contributed by atoms with van der Waals surface area (Å²) in [6, 6.07) is -2.86. The van der Waals surface area contributed by atoms with E-state index < -0.39 is 114 Å². The van der Waals surface area contributed by atoms with E-state index >= 15 is 0 Å². The zero-order valence-corrected chi connectivity index (χ0v) is 31.6. The van der Waals surface area contributed by atoms with E-state index in [4.69, 9.17) is 0 Å². The number of hydrogen-bond donors (Lipinski definition) is 11. The van der Waals surface area contributed by atoms with Crippen LogP contribution in [-0.4, -0.2) is 151 Å². The molecule has 1 fully saturated rings. The topological polar surface area (TPSA) is 292 Å². The smallest absolute Gasteiger partial charge is 0.246 e. The Balaban J connectivity index is 1.69. The van der Waals surface area contributed by atoms with Crippen LogP contribution in [0.4, 0.5) is 0 Å². The third-order valence-electron chi connectivity index (χ3n) is 9.87. The van der Waals surface area contributed by atoms with Crippen molar-refractivity contribution < 1.29 is 54.0 Å². The molecule has 3 aliphatic rings. The van der Waals surface area contributed by atoms with Gasteiger partial charge in [0.25, 0.3) is 0 Å². The Bertz CT molecular complexity index is 1840. The molecule has 2 bridgehead atoms. The molecular formula is C35H48N8O11S. The van der Waals surface area contributed by atoms with Crippen LogP contribution in [0.1, 0.15) is 46.1 Å². The Morgan fingerprint density at radius 1 is 0.855 bits per heavy atom. The number of rotatable bonds is 4. The number of H-pyrrole nitrogens is 1. The van der Waals surface area contributed by atoms with Gasteiger partial charge < -0.3 is 62.2 Å². The van der Waals surface area contributed by atoms with Gasteiger partial charge in [0.1, 0.15) is 42.3 Å². The average molecular weight is 789 g/mol. The second-order valence-electron chi connectivity index (χ2n) is 14.6. The largest absolute Gasteiger partial charge is 0.393 e. The van der Waals surface area contributed by atoms with Crippen LogP contribution in [0.5, 0.6) is 0 Å². The van der Waals surface area contributed by atoms with Crippen molar-refractivity contribution in [3.63, 3.8) is 0 Å². The molecule has 1 saturated heterocycles. The molecule has 7 amide bonds. The predicted octanol–water partition coefficient (Wildman–Crippen LogP) is -3.75. The Morgan fingerprint density at radius 2 is 1.49 bits per heavy atom. The van der Waals surface area contributed by atoms with Gasteiger partial charge in [-0.15, -0.1) is 11.8 Å². The van der Waals surface area contributed by atoms with Gasteiger partial charge >= 0.3 is 0 Å². The van der Waals surface area contributed by atoms with Crippen LogP contribution in [0.3, 0.4) is 0 Å². The summed E-state index contributed by atoms with van der Waals surface area (Å²) in [5.74, 6) is -6.26. The first-order valence-electron chi connectivity index (χ1n) is 17.9. The molecule has 5 rings (SSSR count). The fourth-order valence-electron chi connectivity index (χ4n) is 6.74. The van der Waals surface area contributed by atoms with Gasteiger partial charge in [0.2, 0.25) is 41.4 Å². The maximum absolute atomic E-state index is 14.3. The lowest BCUT2D eigenvalue weighted by Crippen LogP contribution is -2.61. The number of aliphatic hydroxyl groups excluding tert-OH is 3. The van der Waals surface area contributed by atoms with Crippen LogP contribution >= 0.6 is 11.8 Å². The van der Waals surface area contributed by atoms with Gasteiger partial charge in [-0.25, -0.2) is 0 Å². The summed E-state index contributed by atoms with van der Waals surface area (Å²) in [6.07, 6.45) is -3.53. The third-order valence-corrected chi connectivity index (χ3v) is 11.0. The highest BCUT2D eigenvalue weighted by Crippen LogP contribution is 2.32. The number of aromatic amines is 1. The number of thioether (sulfide) groups is 1. The maximum Gasteiger partial charge on any atom is 0.246 e. The fourth-order valence-corrected chi connectivity index (χ4v) is 7.85. The quantitative estimate of drug-likeness (QED) is 0.143. The van der Waals surface area contributed by atoms with Gasteiger partial charge in [0.05, 0.1) is 29.4 Å². The maximum atomic E-state index is 14.3. The number of carbonyl (C=O) groups is 7. The highest BCUT2D eigenvalue weighted by atomic mass is 32.2. The first-order valence-corrected chi connectivity index (χ1v) is 18.9. The molecule has 10 atom stereocenters. The van der Waals surface area contributed by atoms with E-state index in [-0.39, 0.29) is 25.1 Å². The second-order valence-corrected chi connectivity index (χ2v) is 15.6. The minimum absolute atomic E-state index is 0.170. The Morgan fingerprint density at radius 3 is 2.16 bits per heavy atom. The summed E-state index contributed by atoms with van der Waals surface area (Å²) in [4.78, 5) is 101. The van der Waals surface area contributed by atoms with Crippen LogP contribution in [0.25, 0.3) is 10.9 Å². The summed E-state index contributed by atoms with van der Waals surface area (Å²) >= 11 is 1.08. The van der Waals surface area contributed by atoms with Crippen LogP contribution in [-0.2, 0) is 40.0 Å². The molecule has 19 nitrogen and oxygen atoms in total. The Hall–Kier alpha value is -4.76. The molecule has 0 aliphatic carbocycles. The molecule has 3 aliphatic heterocycles. The second kappa shape index (κ2) is 16.9. The normalized spacial score (nSPS) is 30.8. The van der Waals surface area contributed by atoms with Crippen LogP contribution in [0, 0.1) is 0 Å². The molecule has 0 saturated carbocycles. The minimum Gasteiger partial charge on any atom is -0.393 e. The van der Waals surface area contributed by atoms with Crippen LogP contribution in [0.2, 0.25) is 0 Å². The molecule has 1 aromatic carbocycles. The number of fused-ring (bicyclic) bond motifs is 5. The van der Waals surface area contributed by atoms with Gasteiger partial charge in [-0.3, -0.25) is 33.6 Å². The van der Waals surface area contributed by atoms with Crippen molar-refractivity contribution in [2.24, 2.45) is 0 Å². The molecule has 20 heteroatoms. The molecule has 4 heterocycles. The van der Waals surface area contributed by atoms with Gasteiger partial charge in [0, 0.05) is 42.5 Å². The molecule has 11 N–H and O–H groups in total. The molecule has 1 unspecified atom stereocenters. The van der Waals surface area contributed by atoms with E-state index in [9.17, 15) is 54.0 Å². The number of hydrogen-bond acceptors (Lipinski definition) is 12. The fraction of sp³-hybridized carbons (Fsp3) is 0.571. The molecule has 300 valence electrons. The van der Waals surface area contributed by atoms with E-state index in [1.807, 2.05) is 0 Å². The first-order chi connectivity index (χ1) is 25.9. The number of nitrogens with zero attached hydrogens (tertiary/aromatic N) is 1. The first kappa shape index (κ1) is 41.4. The van der Waals surface area contributed by atoms with Gasteiger partial charge in [-0.05, 0) is 39.3 Å². The van der Waals surface area contributed by atoms with Crippen molar-refractivity contribution in [1.29, 1.82) is 0 Å². The standard InChI is InChI=1S/C35H48N8O11S/c1-15-27(47)38-22-10-20-19-7-5-6-8-21(19)41-33(20)55-13-24(34(53)43-12-18(46)9-25(43)31(51)37-15)40-32(52)26(17(3)45)42-28(48)16(2)36-30(50)23(39-29(22)49)11-35(4,54)14-44/h5-8,15-18,22-26,41,44-46,54H,9-14H2,1-4H3,(H,36,50)(H,37,51)(H,38,47)(H,39,49)(H,40,52)(H,42,48)/t15-,16?,17-,18+,22-,23-,24+,25-,26+,35+/m0/s1. The summed E-state index contributed by atoms with van der Waals surface area (Å²) in [6.45, 7) is 4.02. The number of nitrogens with one attached hydrogen (secondary N) is 7. The molecule has 0 spiro atoms. The molecule has 1 aromatic heterocycles. The number of benzene rings is 1. The highest BCUT2D eigenvalue weighted by Gasteiger charge is 2.44. The SMILES string of the molecule is CC1NC(=O)[C@H](C[C@@](C)(O)CO)NC(=O)[C@@H]2Cc3c([nH]c4ccccc34)SC[C@@H](NC(=O)[C@@H]([C@H](C)O)NC1=O)C(=O)N1C[C@H](O)C[C@H]1C(=O)N[C@@H](C)C(=O)N2. The number of aliphatic hydroxyl groups is 4. The molecule has 55 heavy (non-hydrogen) atoms. The zero-order valence-electron chi connectivity index (χ0n) is 30.8. The summed E-state index contributed by atoms with van der Waals surface area (Å²) in [5, 5.41) is 58.1. The summed E-state index contributed by atoms with van der Waals surface area (Å²) < 4.78 is 0. The number of amides is 7. The van der Waals surface area contributed by atoms with E-state index in [0.717, 1.165) is 16.7 Å².